The van der Waals surface area contributed by atoms with Crippen LogP contribution in [0.2, 0.25) is 5.02 Å². The van der Waals surface area contributed by atoms with Gasteiger partial charge in [-0.2, -0.15) is 0 Å². The van der Waals surface area contributed by atoms with Crippen LogP contribution in [0.1, 0.15) is 22.3 Å². The van der Waals surface area contributed by atoms with Gasteiger partial charge in [-0.25, -0.2) is 0 Å². The van der Waals surface area contributed by atoms with Crippen molar-refractivity contribution in [3.63, 3.8) is 0 Å². The molecular weight excluding hydrogens is 294 g/mol. The summed E-state index contributed by atoms with van der Waals surface area (Å²) in [5.41, 5.74) is 1.46. The summed E-state index contributed by atoms with van der Waals surface area (Å²) in [5, 5.41) is 0.606. The second-order valence-electron chi connectivity index (χ2n) is 4.98. The fourth-order valence-electron chi connectivity index (χ4n) is 2.33. The van der Waals surface area contributed by atoms with Gasteiger partial charge in [-0.1, -0.05) is 11.6 Å². The lowest BCUT2D eigenvalue weighted by Crippen LogP contribution is -2.46. The number of methoxy groups -OCH3 is 1. The topological polar surface area (TPSA) is 55.8 Å². The number of aryl methyl sites for hydroxylation is 1. The molecule has 0 radical (unpaired) electrons. The van der Waals surface area contributed by atoms with E-state index in [0.717, 1.165) is 5.56 Å². The van der Waals surface area contributed by atoms with E-state index in [4.69, 9.17) is 16.3 Å². The molecule has 5 nitrogen and oxygen atoms in total. The summed E-state index contributed by atoms with van der Waals surface area (Å²) in [5.74, 6) is -0.403. The molecule has 2 rings (SSSR count). The molecule has 1 fully saturated rings. The Kier molecular flexibility index (Phi) is 5.20. The summed E-state index contributed by atoms with van der Waals surface area (Å²) >= 11 is 5.91. The standard InChI is InChI=1S/C15H18ClNO4/c1-10-7-11(16)3-4-13(10)15(19)17-5-6-21-12(9-17)8-14(18)20-2/h3-4,7,12H,5-6,8-9H2,1-2H3. The first kappa shape index (κ1) is 15.8. The van der Waals surface area contributed by atoms with Crippen LogP contribution in [0.5, 0.6) is 0 Å². The SMILES string of the molecule is COC(=O)CC1CN(C(=O)c2ccc(Cl)cc2C)CCO1. The van der Waals surface area contributed by atoms with Crippen molar-refractivity contribution in [1.29, 1.82) is 0 Å². The number of benzene rings is 1. The molecule has 1 unspecified atom stereocenters. The third-order valence-electron chi connectivity index (χ3n) is 3.47. The monoisotopic (exact) mass is 311 g/mol. The Bertz CT molecular complexity index is 546. The molecule has 0 aliphatic carbocycles. The second kappa shape index (κ2) is 6.91. The number of nitrogens with zero attached hydrogens (tertiary/aromatic N) is 1. The highest BCUT2D eigenvalue weighted by molar-refractivity contribution is 6.30. The number of carbonyl (C=O) groups is 2. The van der Waals surface area contributed by atoms with Gasteiger partial charge in [0.1, 0.15) is 0 Å². The van der Waals surface area contributed by atoms with E-state index >= 15 is 0 Å². The quantitative estimate of drug-likeness (QED) is 0.802. The van der Waals surface area contributed by atoms with Gasteiger partial charge in [0.25, 0.3) is 5.91 Å². The average molecular weight is 312 g/mol. The van der Waals surface area contributed by atoms with E-state index in [1.165, 1.54) is 7.11 Å². The number of morpholine rings is 1. The molecule has 1 aliphatic rings. The zero-order valence-corrected chi connectivity index (χ0v) is 12.9. The number of hydrogen-bond acceptors (Lipinski definition) is 4. The molecule has 6 heteroatoms. The fraction of sp³-hybridized carbons (Fsp3) is 0.467. The van der Waals surface area contributed by atoms with Gasteiger partial charge in [0.2, 0.25) is 0 Å². The van der Waals surface area contributed by atoms with Crippen molar-refractivity contribution in [3.8, 4) is 0 Å². The van der Waals surface area contributed by atoms with Gasteiger partial charge in [0.05, 0.1) is 26.2 Å². The molecule has 1 saturated heterocycles. The molecule has 1 amide bonds. The van der Waals surface area contributed by atoms with Crippen molar-refractivity contribution < 1.29 is 19.1 Å². The van der Waals surface area contributed by atoms with E-state index in [9.17, 15) is 9.59 Å². The van der Waals surface area contributed by atoms with Crippen LogP contribution in [-0.4, -0.2) is 49.7 Å². The Morgan fingerprint density at radius 3 is 2.90 bits per heavy atom. The predicted molar refractivity (Wildman–Crippen MR) is 78.5 cm³/mol. The third-order valence-corrected chi connectivity index (χ3v) is 3.70. The molecule has 1 heterocycles. The van der Waals surface area contributed by atoms with Crippen molar-refractivity contribution in [2.45, 2.75) is 19.4 Å². The second-order valence-corrected chi connectivity index (χ2v) is 5.42. The van der Waals surface area contributed by atoms with Gasteiger partial charge in [-0.05, 0) is 30.7 Å². The Labute approximate surface area is 128 Å². The van der Waals surface area contributed by atoms with E-state index < -0.39 is 0 Å². The van der Waals surface area contributed by atoms with Crippen LogP contribution in [0.3, 0.4) is 0 Å². The largest absolute Gasteiger partial charge is 0.469 e. The highest BCUT2D eigenvalue weighted by Gasteiger charge is 2.27. The predicted octanol–water partition coefficient (Wildman–Crippen LogP) is 2.05. The van der Waals surface area contributed by atoms with E-state index in [0.29, 0.717) is 30.3 Å². The number of hydrogen-bond donors (Lipinski definition) is 0. The average Bonchev–Trinajstić information content (AvgIpc) is 2.47. The number of amides is 1. The van der Waals surface area contributed by atoms with Gasteiger partial charge in [-0.15, -0.1) is 0 Å². The number of ether oxygens (including phenoxy) is 2. The Morgan fingerprint density at radius 1 is 1.48 bits per heavy atom. The molecule has 1 aliphatic heterocycles. The fourth-order valence-corrected chi connectivity index (χ4v) is 2.56. The minimum atomic E-state index is -0.336. The Hall–Kier alpha value is -1.59. The third kappa shape index (κ3) is 3.95. The van der Waals surface area contributed by atoms with Crippen molar-refractivity contribution in [3.05, 3.63) is 34.3 Å². The van der Waals surface area contributed by atoms with Crippen molar-refractivity contribution in [2.75, 3.05) is 26.8 Å². The number of halogens is 1. The first-order chi connectivity index (χ1) is 10.0. The van der Waals surface area contributed by atoms with Gasteiger partial charge in [0.15, 0.2) is 0 Å². The van der Waals surface area contributed by atoms with Crippen LogP contribution >= 0.6 is 11.6 Å². The van der Waals surface area contributed by atoms with E-state index in [2.05, 4.69) is 4.74 Å². The lowest BCUT2D eigenvalue weighted by Gasteiger charge is -2.32. The molecule has 1 atom stereocenters. The normalized spacial score (nSPS) is 18.4. The maximum absolute atomic E-state index is 12.5. The van der Waals surface area contributed by atoms with Gasteiger partial charge >= 0.3 is 5.97 Å². The number of esters is 1. The highest BCUT2D eigenvalue weighted by Crippen LogP contribution is 2.19. The summed E-state index contributed by atoms with van der Waals surface area (Å²) in [6.45, 7) is 3.17. The molecule has 0 saturated carbocycles. The zero-order chi connectivity index (χ0) is 15.4. The van der Waals surface area contributed by atoms with Crippen LogP contribution in [-0.2, 0) is 14.3 Å². The van der Waals surface area contributed by atoms with Crippen molar-refractivity contribution >= 4 is 23.5 Å². The number of rotatable bonds is 3. The van der Waals surface area contributed by atoms with E-state index in [1.807, 2.05) is 6.92 Å². The Morgan fingerprint density at radius 2 is 2.24 bits per heavy atom. The zero-order valence-electron chi connectivity index (χ0n) is 12.1. The molecule has 0 spiro atoms. The lowest BCUT2D eigenvalue weighted by molar-refractivity contribution is -0.145. The first-order valence-electron chi connectivity index (χ1n) is 6.75. The minimum Gasteiger partial charge on any atom is -0.469 e. The molecular formula is C15H18ClNO4. The van der Waals surface area contributed by atoms with Crippen molar-refractivity contribution in [2.24, 2.45) is 0 Å². The molecule has 114 valence electrons. The molecule has 21 heavy (non-hydrogen) atoms. The summed E-state index contributed by atoms with van der Waals surface area (Å²) in [4.78, 5) is 25.5. The van der Waals surface area contributed by atoms with E-state index in [1.54, 1.807) is 23.1 Å². The maximum atomic E-state index is 12.5. The minimum absolute atomic E-state index is 0.0673. The van der Waals surface area contributed by atoms with Crippen LogP contribution in [0.4, 0.5) is 0 Å². The first-order valence-corrected chi connectivity index (χ1v) is 7.13. The Balaban J connectivity index is 2.06. The summed E-state index contributed by atoms with van der Waals surface area (Å²) in [6.07, 6.45) is -0.164. The van der Waals surface area contributed by atoms with Crippen LogP contribution < -0.4 is 0 Å². The highest BCUT2D eigenvalue weighted by atomic mass is 35.5. The molecule has 1 aromatic rings. The van der Waals surface area contributed by atoms with Crippen LogP contribution in [0.15, 0.2) is 18.2 Å². The van der Waals surface area contributed by atoms with Crippen LogP contribution in [0.25, 0.3) is 0 Å². The molecule has 0 bridgehead atoms. The van der Waals surface area contributed by atoms with Gasteiger partial charge in [0, 0.05) is 23.7 Å². The van der Waals surface area contributed by atoms with Crippen LogP contribution in [0, 0.1) is 6.92 Å². The van der Waals surface area contributed by atoms with Gasteiger partial charge < -0.3 is 14.4 Å². The maximum Gasteiger partial charge on any atom is 0.308 e. The van der Waals surface area contributed by atoms with E-state index in [-0.39, 0.29) is 24.4 Å². The van der Waals surface area contributed by atoms with Gasteiger partial charge in [-0.3, -0.25) is 9.59 Å². The number of carbonyl (C=O) groups excluding carboxylic acids is 2. The lowest BCUT2D eigenvalue weighted by atomic mass is 10.1. The molecule has 0 aromatic heterocycles. The molecule has 0 N–H and O–H groups in total. The summed E-state index contributed by atoms with van der Waals surface area (Å²) < 4.78 is 10.1. The van der Waals surface area contributed by atoms with Crippen molar-refractivity contribution in [1.82, 2.24) is 4.90 Å². The summed E-state index contributed by atoms with van der Waals surface area (Å²) in [7, 11) is 1.34. The molecule has 1 aromatic carbocycles. The summed E-state index contributed by atoms with van der Waals surface area (Å²) in [6, 6.07) is 5.19. The smallest absolute Gasteiger partial charge is 0.308 e.